The lowest BCUT2D eigenvalue weighted by Gasteiger charge is -2.23. The summed E-state index contributed by atoms with van der Waals surface area (Å²) in [7, 11) is 0. The zero-order valence-electron chi connectivity index (χ0n) is 12.0. The zero-order chi connectivity index (χ0) is 15.2. The van der Waals surface area contributed by atoms with E-state index in [1.54, 1.807) is 12.3 Å². The fraction of sp³-hybridized carbons (Fsp3) is 0.250. The van der Waals surface area contributed by atoms with Gasteiger partial charge in [-0.25, -0.2) is 4.98 Å². The van der Waals surface area contributed by atoms with Crippen LogP contribution in [0.25, 0.3) is 0 Å². The summed E-state index contributed by atoms with van der Waals surface area (Å²) < 4.78 is 6.22. The third-order valence-corrected chi connectivity index (χ3v) is 3.49. The molecule has 0 radical (unpaired) electrons. The van der Waals surface area contributed by atoms with E-state index in [0.717, 1.165) is 22.4 Å². The highest BCUT2D eigenvalue weighted by atomic mass is 79.9. The number of esters is 1. The van der Waals surface area contributed by atoms with Gasteiger partial charge in [0, 0.05) is 36.2 Å². The maximum atomic E-state index is 11.2. The molecule has 2 aromatic rings. The number of halogens is 1. The smallest absolute Gasteiger partial charge is 0.308 e. The number of ether oxygens (including phenoxy) is 1. The van der Waals surface area contributed by atoms with Crippen molar-refractivity contribution in [2.75, 3.05) is 11.4 Å². The predicted molar refractivity (Wildman–Crippen MR) is 86.4 cm³/mol. The second kappa shape index (κ2) is 7.22. The first-order valence-electron chi connectivity index (χ1n) is 6.73. The molecule has 0 bridgehead atoms. The summed E-state index contributed by atoms with van der Waals surface area (Å²) in [5, 5.41) is 0. The van der Waals surface area contributed by atoms with Gasteiger partial charge in [0.2, 0.25) is 0 Å². The van der Waals surface area contributed by atoms with Crippen LogP contribution in [0.1, 0.15) is 19.4 Å². The molecule has 0 saturated carbocycles. The average Bonchev–Trinajstić information content (AvgIpc) is 2.48. The number of benzene rings is 1. The molecule has 1 heterocycles. The van der Waals surface area contributed by atoms with Gasteiger partial charge in [0.05, 0.1) is 0 Å². The Bertz CT molecular complexity index is 617. The van der Waals surface area contributed by atoms with Gasteiger partial charge in [-0.1, -0.05) is 22.0 Å². The number of hydrogen-bond donors (Lipinski definition) is 0. The van der Waals surface area contributed by atoms with Gasteiger partial charge in [0.15, 0.2) is 0 Å². The first-order valence-corrected chi connectivity index (χ1v) is 7.52. The van der Waals surface area contributed by atoms with Gasteiger partial charge < -0.3 is 9.64 Å². The van der Waals surface area contributed by atoms with Crippen LogP contribution in [0.4, 0.5) is 5.82 Å². The van der Waals surface area contributed by atoms with E-state index in [4.69, 9.17) is 4.74 Å². The Hall–Kier alpha value is -1.88. The number of aromatic nitrogens is 1. The molecule has 0 aliphatic rings. The van der Waals surface area contributed by atoms with Crippen LogP contribution in [0.5, 0.6) is 5.75 Å². The molecule has 0 spiro atoms. The largest absolute Gasteiger partial charge is 0.426 e. The third-order valence-electron chi connectivity index (χ3n) is 2.99. The van der Waals surface area contributed by atoms with Crippen LogP contribution in [0.15, 0.2) is 47.1 Å². The first kappa shape index (κ1) is 15.5. The van der Waals surface area contributed by atoms with Crippen LogP contribution in [0.3, 0.4) is 0 Å². The number of carbonyl (C=O) groups excluding carboxylic acids is 1. The number of pyridine rings is 1. The van der Waals surface area contributed by atoms with E-state index in [1.807, 2.05) is 30.3 Å². The minimum atomic E-state index is -0.320. The summed E-state index contributed by atoms with van der Waals surface area (Å²) in [4.78, 5) is 17.7. The van der Waals surface area contributed by atoms with Gasteiger partial charge >= 0.3 is 5.97 Å². The van der Waals surface area contributed by atoms with Gasteiger partial charge in [-0.05, 0) is 37.3 Å². The molecule has 1 aromatic carbocycles. The topological polar surface area (TPSA) is 42.4 Å². The molecule has 0 amide bonds. The van der Waals surface area contributed by atoms with Gasteiger partial charge in [0.1, 0.15) is 11.6 Å². The Labute approximate surface area is 132 Å². The van der Waals surface area contributed by atoms with E-state index >= 15 is 0 Å². The molecule has 0 atom stereocenters. The number of anilines is 1. The molecule has 21 heavy (non-hydrogen) atoms. The van der Waals surface area contributed by atoms with Crippen molar-refractivity contribution in [2.24, 2.45) is 0 Å². The Balaban J connectivity index is 2.28. The minimum Gasteiger partial charge on any atom is -0.426 e. The molecule has 0 unspecified atom stereocenters. The molecule has 0 aliphatic carbocycles. The summed E-state index contributed by atoms with van der Waals surface area (Å²) in [5.41, 5.74) is 0.937. The monoisotopic (exact) mass is 348 g/mol. The Morgan fingerprint density at radius 3 is 2.76 bits per heavy atom. The molecular formula is C16H17BrN2O2. The molecule has 0 saturated heterocycles. The maximum absolute atomic E-state index is 11.2. The Morgan fingerprint density at radius 2 is 2.14 bits per heavy atom. The third kappa shape index (κ3) is 4.29. The van der Waals surface area contributed by atoms with Gasteiger partial charge in [0.25, 0.3) is 0 Å². The molecule has 5 heteroatoms. The van der Waals surface area contributed by atoms with Crippen molar-refractivity contribution >= 4 is 27.7 Å². The summed E-state index contributed by atoms with van der Waals surface area (Å²) in [6, 6.07) is 11.4. The quantitative estimate of drug-likeness (QED) is 0.608. The fourth-order valence-electron chi connectivity index (χ4n) is 2.03. The molecule has 0 N–H and O–H groups in total. The number of rotatable bonds is 5. The molecule has 0 fully saturated rings. The van der Waals surface area contributed by atoms with Crippen molar-refractivity contribution in [1.29, 1.82) is 0 Å². The van der Waals surface area contributed by atoms with Crippen LogP contribution in [-0.4, -0.2) is 17.5 Å². The van der Waals surface area contributed by atoms with Crippen LogP contribution in [-0.2, 0) is 11.3 Å². The van der Waals surface area contributed by atoms with Crippen molar-refractivity contribution < 1.29 is 9.53 Å². The molecular weight excluding hydrogens is 332 g/mol. The lowest BCUT2D eigenvalue weighted by Crippen LogP contribution is -2.23. The number of carbonyl (C=O) groups is 1. The first-order chi connectivity index (χ1) is 10.1. The van der Waals surface area contributed by atoms with Crippen LogP contribution < -0.4 is 9.64 Å². The molecule has 2 rings (SSSR count). The maximum Gasteiger partial charge on any atom is 0.308 e. The predicted octanol–water partition coefficient (Wildman–Crippen LogP) is 3.80. The SMILES string of the molecule is CCN(Cc1cc(Br)ccc1OC(C)=O)c1ccccn1. The summed E-state index contributed by atoms with van der Waals surface area (Å²) in [6.45, 7) is 4.90. The number of nitrogens with zero attached hydrogens (tertiary/aromatic N) is 2. The van der Waals surface area contributed by atoms with E-state index < -0.39 is 0 Å². The Kier molecular flexibility index (Phi) is 5.33. The minimum absolute atomic E-state index is 0.320. The highest BCUT2D eigenvalue weighted by molar-refractivity contribution is 9.10. The van der Waals surface area contributed by atoms with Gasteiger partial charge in [-0.15, -0.1) is 0 Å². The second-order valence-corrected chi connectivity index (χ2v) is 5.46. The lowest BCUT2D eigenvalue weighted by atomic mass is 10.2. The van der Waals surface area contributed by atoms with Crippen molar-refractivity contribution in [3.8, 4) is 5.75 Å². The standard InChI is InChI=1S/C16H17BrN2O2/c1-3-19(16-6-4-5-9-18-16)11-13-10-14(17)7-8-15(13)21-12(2)20/h4-10H,3,11H2,1-2H3. The highest BCUT2D eigenvalue weighted by Crippen LogP contribution is 2.26. The van der Waals surface area contributed by atoms with Crippen molar-refractivity contribution in [1.82, 2.24) is 4.98 Å². The Morgan fingerprint density at radius 1 is 1.33 bits per heavy atom. The van der Waals surface area contributed by atoms with Gasteiger partial charge in [-0.2, -0.15) is 0 Å². The lowest BCUT2D eigenvalue weighted by molar-refractivity contribution is -0.131. The normalized spacial score (nSPS) is 10.2. The summed E-state index contributed by atoms with van der Waals surface area (Å²) in [6.07, 6.45) is 1.77. The van der Waals surface area contributed by atoms with Crippen molar-refractivity contribution in [3.05, 3.63) is 52.6 Å². The zero-order valence-corrected chi connectivity index (χ0v) is 13.6. The van der Waals surface area contributed by atoms with E-state index in [9.17, 15) is 4.79 Å². The molecule has 0 aliphatic heterocycles. The number of hydrogen-bond acceptors (Lipinski definition) is 4. The summed E-state index contributed by atoms with van der Waals surface area (Å²) >= 11 is 3.46. The van der Waals surface area contributed by atoms with Crippen molar-refractivity contribution in [3.63, 3.8) is 0 Å². The second-order valence-electron chi connectivity index (χ2n) is 4.55. The molecule has 110 valence electrons. The van der Waals surface area contributed by atoms with E-state index in [1.165, 1.54) is 6.92 Å². The average molecular weight is 349 g/mol. The van der Waals surface area contributed by atoms with E-state index in [-0.39, 0.29) is 5.97 Å². The van der Waals surface area contributed by atoms with Crippen LogP contribution in [0.2, 0.25) is 0 Å². The van der Waals surface area contributed by atoms with Crippen LogP contribution >= 0.6 is 15.9 Å². The summed E-state index contributed by atoms with van der Waals surface area (Å²) in [5.74, 6) is 1.16. The van der Waals surface area contributed by atoms with Crippen molar-refractivity contribution in [2.45, 2.75) is 20.4 Å². The van der Waals surface area contributed by atoms with Gasteiger partial charge in [-0.3, -0.25) is 4.79 Å². The van der Waals surface area contributed by atoms with E-state index in [0.29, 0.717) is 12.3 Å². The van der Waals surface area contributed by atoms with Crippen LogP contribution in [0, 0.1) is 0 Å². The molecule has 4 nitrogen and oxygen atoms in total. The fourth-order valence-corrected chi connectivity index (χ4v) is 2.44. The van der Waals surface area contributed by atoms with E-state index in [2.05, 4.69) is 32.7 Å². The molecule has 1 aromatic heterocycles. The highest BCUT2D eigenvalue weighted by Gasteiger charge is 2.12.